The molecule has 0 aromatic heterocycles. The summed E-state index contributed by atoms with van der Waals surface area (Å²) in [6.07, 6.45) is 0. The van der Waals surface area contributed by atoms with Gasteiger partial charge in [0.15, 0.2) is 0 Å². The van der Waals surface area contributed by atoms with Gasteiger partial charge in [0.05, 0.1) is 0 Å². The minimum Gasteiger partial charge on any atom is -0.370 e. The Kier molecular flexibility index (Phi) is 4.15. The quantitative estimate of drug-likeness (QED) is 0.582. The minimum atomic E-state index is -0.631. The van der Waals surface area contributed by atoms with Crippen LogP contribution in [0.2, 0.25) is 0 Å². The molecule has 2 aromatic rings. The Morgan fingerprint density at radius 2 is 1.68 bits per heavy atom. The van der Waals surface area contributed by atoms with Crippen LogP contribution in [0.25, 0.3) is 0 Å². The van der Waals surface area contributed by atoms with Gasteiger partial charge in [-0.05, 0) is 24.6 Å². The standard InChI is InChI=1S/C15H16N2O2/c1-11-7-9-12(10-8-11)14(15(18)17-19)16-13-5-3-2-4-6-13/h2-10,14,16,19H,1H3,(H,17,18). The fraction of sp³-hybridized carbons (Fsp3) is 0.133. The first-order valence-corrected chi connectivity index (χ1v) is 6.03. The van der Waals surface area contributed by atoms with Crippen LogP contribution in [0, 0.1) is 6.92 Å². The number of carbonyl (C=O) groups excluding carboxylic acids is 1. The summed E-state index contributed by atoms with van der Waals surface area (Å²) in [5.41, 5.74) is 4.42. The molecule has 0 spiro atoms. The zero-order chi connectivity index (χ0) is 13.7. The Bertz CT molecular complexity index is 538. The third-order valence-corrected chi connectivity index (χ3v) is 2.87. The smallest absolute Gasteiger partial charge is 0.270 e. The van der Waals surface area contributed by atoms with Crippen LogP contribution in [-0.4, -0.2) is 11.1 Å². The van der Waals surface area contributed by atoms with E-state index in [1.807, 2.05) is 61.5 Å². The first-order valence-electron chi connectivity index (χ1n) is 6.03. The number of benzene rings is 2. The summed E-state index contributed by atoms with van der Waals surface area (Å²) in [7, 11) is 0. The second-order valence-corrected chi connectivity index (χ2v) is 4.33. The van der Waals surface area contributed by atoms with Gasteiger partial charge in [-0.1, -0.05) is 48.0 Å². The molecule has 1 atom stereocenters. The average molecular weight is 256 g/mol. The van der Waals surface area contributed by atoms with Gasteiger partial charge in [-0.3, -0.25) is 10.0 Å². The van der Waals surface area contributed by atoms with Gasteiger partial charge in [0.25, 0.3) is 5.91 Å². The van der Waals surface area contributed by atoms with Crippen molar-refractivity contribution in [3.8, 4) is 0 Å². The maximum absolute atomic E-state index is 11.8. The predicted octanol–water partition coefficient (Wildman–Crippen LogP) is 2.65. The fourth-order valence-electron chi connectivity index (χ4n) is 1.82. The zero-order valence-corrected chi connectivity index (χ0v) is 10.6. The van der Waals surface area contributed by atoms with E-state index in [2.05, 4.69) is 5.32 Å². The van der Waals surface area contributed by atoms with Gasteiger partial charge in [-0.2, -0.15) is 0 Å². The van der Waals surface area contributed by atoms with E-state index in [1.54, 1.807) is 5.48 Å². The van der Waals surface area contributed by atoms with Crippen molar-refractivity contribution in [3.63, 3.8) is 0 Å². The van der Waals surface area contributed by atoms with Crippen molar-refractivity contribution >= 4 is 11.6 Å². The van der Waals surface area contributed by atoms with E-state index in [0.29, 0.717) is 0 Å². The largest absolute Gasteiger partial charge is 0.370 e. The highest BCUT2D eigenvalue weighted by molar-refractivity contribution is 5.85. The number of amides is 1. The first kappa shape index (κ1) is 13.1. The van der Waals surface area contributed by atoms with E-state index in [9.17, 15) is 4.79 Å². The SMILES string of the molecule is Cc1ccc(C(Nc2ccccc2)C(=O)NO)cc1. The highest BCUT2D eigenvalue weighted by Gasteiger charge is 2.19. The summed E-state index contributed by atoms with van der Waals surface area (Å²) in [5, 5.41) is 12.0. The number of anilines is 1. The number of hydroxylamine groups is 1. The number of rotatable bonds is 4. The van der Waals surface area contributed by atoms with Crippen LogP contribution >= 0.6 is 0 Å². The third-order valence-electron chi connectivity index (χ3n) is 2.87. The van der Waals surface area contributed by atoms with Crippen molar-refractivity contribution < 1.29 is 10.0 Å². The molecular weight excluding hydrogens is 240 g/mol. The second-order valence-electron chi connectivity index (χ2n) is 4.33. The molecule has 1 amide bonds. The average Bonchev–Trinajstić information content (AvgIpc) is 2.46. The van der Waals surface area contributed by atoms with E-state index in [1.165, 1.54) is 0 Å². The molecule has 4 heteroatoms. The zero-order valence-electron chi connectivity index (χ0n) is 10.6. The van der Waals surface area contributed by atoms with E-state index in [4.69, 9.17) is 5.21 Å². The van der Waals surface area contributed by atoms with Gasteiger partial charge < -0.3 is 5.32 Å². The Balaban J connectivity index is 2.26. The number of nitrogens with one attached hydrogen (secondary N) is 2. The van der Waals surface area contributed by atoms with Gasteiger partial charge in [0, 0.05) is 5.69 Å². The molecule has 0 saturated carbocycles. The molecule has 0 aliphatic rings. The van der Waals surface area contributed by atoms with Crippen LogP contribution in [0.3, 0.4) is 0 Å². The lowest BCUT2D eigenvalue weighted by atomic mass is 10.0. The van der Waals surface area contributed by atoms with Crippen molar-refractivity contribution in [2.24, 2.45) is 0 Å². The van der Waals surface area contributed by atoms with Gasteiger partial charge in [0.2, 0.25) is 0 Å². The molecule has 0 aliphatic carbocycles. The molecule has 3 N–H and O–H groups in total. The second kappa shape index (κ2) is 6.02. The van der Waals surface area contributed by atoms with E-state index < -0.39 is 11.9 Å². The van der Waals surface area contributed by atoms with Crippen molar-refractivity contribution in [3.05, 3.63) is 65.7 Å². The summed E-state index contributed by atoms with van der Waals surface area (Å²) in [6, 6.07) is 16.4. The van der Waals surface area contributed by atoms with E-state index in [-0.39, 0.29) is 0 Å². The number of aryl methyl sites for hydroxylation is 1. The normalized spacial score (nSPS) is 11.7. The number of hydrogen-bond donors (Lipinski definition) is 3. The molecule has 2 rings (SSSR count). The number of carbonyl (C=O) groups is 1. The molecule has 0 radical (unpaired) electrons. The highest BCUT2D eigenvalue weighted by atomic mass is 16.5. The molecular formula is C15H16N2O2. The molecule has 98 valence electrons. The molecule has 4 nitrogen and oxygen atoms in total. The van der Waals surface area contributed by atoms with Gasteiger partial charge in [-0.25, -0.2) is 5.48 Å². The summed E-state index contributed by atoms with van der Waals surface area (Å²) < 4.78 is 0. The van der Waals surface area contributed by atoms with Crippen LogP contribution in [0.4, 0.5) is 5.69 Å². The predicted molar refractivity (Wildman–Crippen MR) is 73.9 cm³/mol. The Hall–Kier alpha value is -2.33. The molecule has 1 unspecified atom stereocenters. The molecule has 0 fully saturated rings. The molecule has 0 heterocycles. The van der Waals surface area contributed by atoms with Crippen LogP contribution < -0.4 is 10.8 Å². The van der Waals surface area contributed by atoms with Crippen LogP contribution in [-0.2, 0) is 4.79 Å². The van der Waals surface area contributed by atoms with Crippen LogP contribution in [0.15, 0.2) is 54.6 Å². The summed E-state index contributed by atoms with van der Waals surface area (Å²) in [6.45, 7) is 1.98. The number of para-hydroxylation sites is 1. The van der Waals surface area contributed by atoms with Crippen molar-refractivity contribution in [1.29, 1.82) is 0 Å². The lowest BCUT2D eigenvalue weighted by molar-refractivity contribution is -0.130. The first-order chi connectivity index (χ1) is 9.20. The lowest BCUT2D eigenvalue weighted by Gasteiger charge is -2.18. The topological polar surface area (TPSA) is 61.4 Å². The van der Waals surface area contributed by atoms with E-state index >= 15 is 0 Å². The molecule has 19 heavy (non-hydrogen) atoms. The van der Waals surface area contributed by atoms with Crippen molar-refractivity contribution in [2.45, 2.75) is 13.0 Å². The lowest BCUT2D eigenvalue weighted by Crippen LogP contribution is -2.31. The molecule has 0 saturated heterocycles. The maximum atomic E-state index is 11.8. The molecule has 2 aromatic carbocycles. The van der Waals surface area contributed by atoms with E-state index in [0.717, 1.165) is 16.8 Å². The third kappa shape index (κ3) is 3.33. The Morgan fingerprint density at radius 3 is 2.26 bits per heavy atom. The summed E-state index contributed by atoms with van der Waals surface area (Å²) in [4.78, 5) is 11.8. The number of hydrogen-bond acceptors (Lipinski definition) is 3. The Labute approximate surface area is 112 Å². The van der Waals surface area contributed by atoms with Gasteiger partial charge in [0.1, 0.15) is 6.04 Å². The highest BCUT2D eigenvalue weighted by Crippen LogP contribution is 2.20. The molecule has 0 bridgehead atoms. The van der Waals surface area contributed by atoms with Crippen LogP contribution in [0.5, 0.6) is 0 Å². The monoisotopic (exact) mass is 256 g/mol. The minimum absolute atomic E-state index is 0.493. The molecule has 0 aliphatic heterocycles. The van der Waals surface area contributed by atoms with Gasteiger partial charge in [-0.15, -0.1) is 0 Å². The summed E-state index contributed by atoms with van der Waals surface area (Å²) >= 11 is 0. The summed E-state index contributed by atoms with van der Waals surface area (Å²) in [5.74, 6) is -0.493. The Morgan fingerprint density at radius 1 is 1.05 bits per heavy atom. The van der Waals surface area contributed by atoms with Crippen molar-refractivity contribution in [2.75, 3.05) is 5.32 Å². The fourth-order valence-corrected chi connectivity index (χ4v) is 1.82. The van der Waals surface area contributed by atoms with Crippen molar-refractivity contribution in [1.82, 2.24) is 5.48 Å². The van der Waals surface area contributed by atoms with Crippen LogP contribution in [0.1, 0.15) is 17.2 Å². The maximum Gasteiger partial charge on any atom is 0.270 e. The van der Waals surface area contributed by atoms with Gasteiger partial charge >= 0.3 is 0 Å².